The van der Waals surface area contributed by atoms with Gasteiger partial charge < -0.3 is 16.4 Å². The highest BCUT2D eigenvalue weighted by Crippen LogP contribution is 2.26. The van der Waals surface area contributed by atoms with Crippen LogP contribution in [0.25, 0.3) is 0 Å². The first-order chi connectivity index (χ1) is 9.45. The Morgan fingerprint density at radius 1 is 1.10 bits per heavy atom. The summed E-state index contributed by atoms with van der Waals surface area (Å²) < 4.78 is 0.705. The minimum Gasteiger partial charge on any atom is -0.398 e. The van der Waals surface area contributed by atoms with Gasteiger partial charge in [0.1, 0.15) is 0 Å². The van der Waals surface area contributed by atoms with E-state index in [0.717, 1.165) is 0 Å². The Morgan fingerprint density at radius 2 is 1.85 bits per heavy atom. The van der Waals surface area contributed by atoms with Gasteiger partial charge in [-0.25, -0.2) is 4.79 Å². The Bertz CT molecular complexity index is 664. The smallest absolute Gasteiger partial charge is 0.323 e. The molecule has 2 aromatic rings. The van der Waals surface area contributed by atoms with Crippen LogP contribution < -0.4 is 16.4 Å². The monoisotopic (exact) mass is 373 g/mol. The van der Waals surface area contributed by atoms with Crippen molar-refractivity contribution in [2.24, 2.45) is 0 Å². The number of carbonyl (C=O) groups excluding carboxylic acids is 1. The summed E-state index contributed by atoms with van der Waals surface area (Å²) >= 11 is 15.1. The van der Waals surface area contributed by atoms with Gasteiger partial charge in [-0.3, -0.25) is 0 Å². The van der Waals surface area contributed by atoms with Crippen molar-refractivity contribution in [1.82, 2.24) is 0 Å². The van der Waals surface area contributed by atoms with Crippen molar-refractivity contribution in [3.63, 3.8) is 0 Å². The molecule has 0 unspecified atom stereocenters. The van der Waals surface area contributed by atoms with Gasteiger partial charge in [0.2, 0.25) is 0 Å². The topological polar surface area (TPSA) is 67.1 Å². The third-order valence-corrected chi connectivity index (χ3v) is 3.69. The highest BCUT2D eigenvalue weighted by Gasteiger charge is 2.07. The van der Waals surface area contributed by atoms with Crippen LogP contribution in [0.3, 0.4) is 0 Å². The van der Waals surface area contributed by atoms with E-state index >= 15 is 0 Å². The second-order valence-corrected chi connectivity index (χ2v) is 5.64. The summed E-state index contributed by atoms with van der Waals surface area (Å²) in [7, 11) is 0. The highest BCUT2D eigenvalue weighted by molar-refractivity contribution is 9.10. The average Bonchev–Trinajstić information content (AvgIpc) is 2.38. The third-order valence-electron chi connectivity index (χ3n) is 2.43. The lowest BCUT2D eigenvalue weighted by Crippen LogP contribution is -2.19. The van der Waals surface area contributed by atoms with Gasteiger partial charge in [0.05, 0.1) is 10.7 Å². The molecule has 4 nitrogen and oxygen atoms in total. The lowest BCUT2D eigenvalue weighted by molar-refractivity contribution is 0.262. The number of nitrogens with two attached hydrogens (primary N) is 1. The molecule has 0 saturated carbocycles. The summed E-state index contributed by atoms with van der Waals surface area (Å²) in [6, 6.07) is 9.48. The first kappa shape index (κ1) is 15.0. The fourth-order valence-corrected chi connectivity index (χ4v) is 2.20. The summed E-state index contributed by atoms with van der Waals surface area (Å²) in [4.78, 5) is 11.9. The number of carbonyl (C=O) groups is 1. The minimum absolute atomic E-state index is 0.406. The quantitative estimate of drug-likeness (QED) is 0.648. The Balaban J connectivity index is 2.09. The number of nitrogens with one attached hydrogen (secondary N) is 2. The molecule has 0 aromatic heterocycles. The van der Waals surface area contributed by atoms with Crippen LogP contribution >= 0.6 is 39.1 Å². The Morgan fingerprint density at radius 3 is 2.55 bits per heavy atom. The van der Waals surface area contributed by atoms with Gasteiger partial charge in [-0.2, -0.15) is 0 Å². The van der Waals surface area contributed by atoms with Gasteiger partial charge in [-0.1, -0.05) is 23.2 Å². The number of benzene rings is 2. The second kappa shape index (κ2) is 6.35. The fourth-order valence-electron chi connectivity index (χ4n) is 1.48. The lowest BCUT2D eigenvalue weighted by Gasteiger charge is -2.10. The predicted octanol–water partition coefficient (Wildman–Crippen LogP) is 4.98. The molecular weight excluding hydrogens is 365 g/mol. The van der Waals surface area contributed by atoms with Crippen LogP contribution in [0.2, 0.25) is 10.0 Å². The van der Waals surface area contributed by atoms with E-state index < -0.39 is 6.03 Å². The number of halogens is 3. The van der Waals surface area contributed by atoms with E-state index in [-0.39, 0.29) is 0 Å². The normalized spacial score (nSPS) is 10.2. The number of anilines is 3. The van der Waals surface area contributed by atoms with E-state index in [4.69, 9.17) is 28.9 Å². The van der Waals surface area contributed by atoms with E-state index in [1.807, 2.05) is 0 Å². The molecule has 0 spiro atoms. The van der Waals surface area contributed by atoms with Gasteiger partial charge in [0.15, 0.2) is 0 Å². The van der Waals surface area contributed by atoms with E-state index in [2.05, 4.69) is 26.6 Å². The molecule has 104 valence electrons. The summed E-state index contributed by atoms with van der Waals surface area (Å²) in [6.45, 7) is 0. The molecular formula is C13H10BrCl2N3O. The first-order valence-electron chi connectivity index (χ1n) is 5.54. The van der Waals surface area contributed by atoms with Crippen LogP contribution in [0.1, 0.15) is 0 Å². The molecule has 0 saturated heterocycles. The molecule has 0 aliphatic rings. The Labute approximate surface area is 134 Å². The van der Waals surface area contributed by atoms with Gasteiger partial charge in [-0.15, -0.1) is 0 Å². The standard InChI is InChI=1S/C13H10BrCl2N3O/c14-9-6-8(2-4-11(9)17)18-13(20)19-12-5-7(15)1-3-10(12)16/h1-6H,17H2,(H2,18,19,20). The molecule has 4 N–H and O–H groups in total. The van der Waals surface area contributed by atoms with Gasteiger partial charge >= 0.3 is 6.03 Å². The molecule has 2 rings (SSSR count). The second-order valence-electron chi connectivity index (χ2n) is 3.94. The average molecular weight is 375 g/mol. The Kier molecular flexibility index (Phi) is 4.75. The van der Waals surface area contributed by atoms with Crippen LogP contribution in [0.5, 0.6) is 0 Å². The largest absolute Gasteiger partial charge is 0.398 e. The number of rotatable bonds is 2. The third kappa shape index (κ3) is 3.79. The van der Waals surface area contributed by atoms with Crippen LogP contribution in [0.4, 0.5) is 21.9 Å². The molecule has 2 aromatic carbocycles. The van der Waals surface area contributed by atoms with Gasteiger partial charge in [-0.05, 0) is 52.3 Å². The molecule has 0 fully saturated rings. The van der Waals surface area contributed by atoms with Crippen molar-refractivity contribution in [2.45, 2.75) is 0 Å². The summed E-state index contributed by atoms with van der Waals surface area (Å²) in [5.74, 6) is 0. The zero-order chi connectivity index (χ0) is 14.7. The fraction of sp³-hybridized carbons (Fsp3) is 0. The van der Waals surface area contributed by atoms with Crippen molar-refractivity contribution >= 4 is 62.2 Å². The van der Waals surface area contributed by atoms with Crippen LogP contribution in [0.15, 0.2) is 40.9 Å². The number of hydrogen-bond acceptors (Lipinski definition) is 2. The molecule has 0 aliphatic carbocycles. The molecule has 2 amide bonds. The number of nitrogen functional groups attached to an aromatic ring is 1. The van der Waals surface area contributed by atoms with Crippen LogP contribution in [0, 0.1) is 0 Å². The van der Waals surface area contributed by atoms with E-state index in [0.29, 0.717) is 31.6 Å². The van der Waals surface area contributed by atoms with Crippen LogP contribution in [-0.2, 0) is 0 Å². The summed E-state index contributed by atoms with van der Waals surface area (Å²) in [6.07, 6.45) is 0. The summed E-state index contributed by atoms with van der Waals surface area (Å²) in [5.41, 5.74) is 7.30. The molecule has 0 heterocycles. The molecule has 0 aliphatic heterocycles. The highest BCUT2D eigenvalue weighted by atomic mass is 79.9. The SMILES string of the molecule is Nc1ccc(NC(=O)Nc2cc(Cl)ccc2Cl)cc1Br. The summed E-state index contributed by atoms with van der Waals surface area (Å²) in [5, 5.41) is 6.18. The zero-order valence-corrected chi connectivity index (χ0v) is 13.2. The van der Waals surface area contributed by atoms with Crippen LogP contribution in [-0.4, -0.2) is 6.03 Å². The van der Waals surface area contributed by atoms with Gasteiger partial charge in [0.25, 0.3) is 0 Å². The molecule has 20 heavy (non-hydrogen) atoms. The van der Waals surface area contributed by atoms with E-state index in [1.165, 1.54) is 0 Å². The minimum atomic E-state index is -0.425. The van der Waals surface area contributed by atoms with Crippen molar-refractivity contribution in [2.75, 3.05) is 16.4 Å². The lowest BCUT2D eigenvalue weighted by atomic mass is 10.3. The van der Waals surface area contributed by atoms with E-state index in [1.54, 1.807) is 36.4 Å². The maximum atomic E-state index is 11.9. The maximum absolute atomic E-state index is 11.9. The van der Waals surface area contributed by atoms with Crippen molar-refractivity contribution in [3.8, 4) is 0 Å². The predicted molar refractivity (Wildman–Crippen MR) is 87.7 cm³/mol. The molecule has 0 atom stereocenters. The Hall–Kier alpha value is -1.43. The first-order valence-corrected chi connectivity index (χ1v) is 7.08. The zero-order valence-electron chi connectivity index (χ0n) is 10.1. The van der Waals surface area contributed by atoms with Gasteiger partial charge in [0, 0.05) is 20.9 Å². The van der Waals surface area contributed by atoms with Crippen molar-refractivity contribution in [3.05, 3.63) is 50.9 Å². The number of urea groups is 1. The molecule has 7 heteroatoms. The van der Waals surface area contributed by atoms with E-state index in [9.17, 15) is 4.79 Å². The number of hydrogen-bond donors (Lipinski definition) is 3. The number of amides is 2. The maximum Gasteiger partial charge on any atom is 0.323 e. The molecule has 0 radical (unpaired) electrons. The molecule has 0 bridgehead atoms. The van der Waals surface area contributed by atoms with Crippen molar-refractivity contribution in [1.29, 1.82) is 0 Å². The van der Waals surface area contributed by atoms with Crippen molar-refractivity contribution < 1.29 is 4.79 Å².